The van der Waals surface area contributed by atoms with Crippen LogP contribution in [0, 0.1) is 0 Å². The summed E-state index contributed by atoms with van der Waals surface area (Å²) in [4.78, 5) is 8.62. The van der Waals surface area contributed by atoms with Gasteiger partial charge in [-0.2, -0.15) is 0 Å². The van der Waals surface area contributed by atoms with Gasteiger partial charge in [0.15, 0.2) is 0 Å². The molecule has 3 aromatic heterocycles. The number of nitrogen functional groups attached to an aromatic ring is 1. The van der Waals surface area contributed by atoms with Gasteiger partial charge in [0.2, 0.25) is 0 Å². The van der Waals surface area contributed by atoms with Crippen LogP contribution in [0.25, 0.3) is 16.9 Å². The Bertz CT molecular complexity index is 673. The Balaban J connectivity index is 2.14. The molecule has 0 aliphatic rings. The number of nitrogens with two attached hydrogens (primary N) is 1. The molecule has 0 spiro atoms. The molecule has 3 heterocycles. The summed E-state index contributed by atoms with van der Waals surface area (Å²) in [5, 5.41) is 0. The van der Waals surface area contributed by atoms with Crippen molar-refractivity contribution in [2.45, 2.75) is 0 Å². The van der Waals surface area contributed by atoms with Gasteiger partial charge in [-0.3, -0.25) is 0 Å². The zero-order valence-electron chi connectivity index (χ0n) is 8.96. The van der Waals surface area contributed by atoms with Crippen LogP contribution in [0.3, 0.4) is 0 Å². The molecule has 3 radical (unpaired) electrons. The molecule has 2 N–H and O–H groups in total. The second-order valence-corrected chi connectivity index (χ2v) is 5.43. The van der Waals surface area contributed by atoms with Crippen LogP contribution in [0.2, 0.25) is 0 Å². The van der Waals surface area contributed by atoms with E-state index in [1.54, 1.807) is 12.3 Å². The summed E-state index contributed by atoms with van der Waals surface area (Å²) in [7, 11) is 0. The maximum absolute atomic E-state index is 5.57. The van der Waals surface area contributed by atoms with Crippen LogP contribution < -0.4 is 9.31 Å². The second-order valence-electron chi connectivity index (χ2n) is 3.78. The Morgan fingerprint density at radius 3 is 2.76 bits per heavy atom. The summed E-state index contributed by atoms with van der Waals surface area (Å²) in [6, 6.07) is 7.83. The first-order chi connectivity index (χ1) is 8.22. The van der Waals surface area contributed by atoms with Gasteiger partial charge in [-0.1, -0.05) is 0 Å². The number of pyridine rings is 2. The number of hydrogen-bond acceptors (Lipinski definition) is 3. The van der Waals surface area contributed by atoms with Gasteiger partial charge in [-0.05, 0) is 0 Å². The third-order valence-electron chi connectivity index (χ3n) is 2.53. The van der Waals surface area contributed by atoms with Crippen molar-refractivity contribution < 1.29 is 0 Å². The molecule has 0 saturated carbocycles. The van der Waals surface area contributed by atoms with Crippen molar-refractivity contribution in [2.24, 2.45) is 0 Å². The predicted octanol–water partition coefficient (Wildman–Crippen LogP) is 0.772. The monoisotopic (exact) mass is 329 g/mol. The van der Waals surface area contributed by atoms with Crippen LogP contribution in [-0.4, -0.2) is 36.9 Å². The quantitative estimate of drug-likeness (QED) is 0.672. The van der Waals surface area contributed by atoms with Crippen LogP contribution in [0.1, 0.15) is 0 Å². The van der Waals surface area contributed by atoms with E-state index in [4.69, 9.17) is 5.73 Å². The van der Waals surface area contributed by atoms with Gasteiger partial charge < -0.3 is 0 Å². The van der Waals surface area contributed by atoms with E-state index < -0.39 is 0 Å². The van der Waals surface area contributed by atoms with Crippen LogP contribution in [0.4, 0.5) is 5.82 Å². The Morgan fingerprint density at radius 1 is 1.12 bits per heavy atom. The average Bonchev–Trinajstić information content (AvgIpc) is 2.72. The number of imidazole rings is 1. The van der Waals surface area contributed by atoms with Crippen LogP contribution in [0.5, 0.6) is 0 Å². The average molecular weight is 328 g/mol. The van der Waals surface area contributed by atoms with E-state index in [0.29, 0.717) is 5.82 Å². The third kappa shape index (κ3) is 2.00. The van der Waals surface area contributed by atoms with Gasteiger partial charge in [0.05, 0.1) is 0 Å². The molecule has 3 rings (SSSR count). The van der Waals surface area contributed by atoms with Crippen molar-refractivity contribution in [2.75, 3.05) is 5.73 Å². The molecule has 0 saturated heterocycles. The van der Waals surface area contributed by atoms with E-state index in [-0.39, 0.29) is 0 Å². The summed E-state index contributed by atoms with van der Waals surface area (Å²) in [6.07, 6.45) is 5.85. The van der Waals surface area contributed by atoms with Crippen molar-refractivity contribution in [3.8, 4) is 11.3 Å². The fourth-order valence-corrected chi connectivity index (χ4v) is 2.32. The summed E-state index contributed by atoms with van der Waals surface area (Å²) in [5.74, 6) is 0.525. The SMILES string of the molecule is Nc1ccc(-c2cn3c[c]([Sn])ccc3n2)cn1. The van der Waals surface area contributed by atoms with Crippen LogP contribution in [0.15, 0.2) is 42.9 Å². The number of rotatable bonds is 1. The fraction of sp³-hybridized carbons (Fsp3) is 0. The van der Waals surface area contributed by atoms with Crippen molar-refractivity contribution in [3.05, 3.63) is 42.9 Å². The minimum absolute atomic E-state index is 0.525. The molecule has 3 aromatic rings. The Labute approximate surface area is 112 Å². The number of nitrogens with zero attached hydrogens (tertiary/aromatic N) is 3. The number of fused-ring (bicyclic) bond motifs is 1. The minimum atomic E-state index is 0.525. The van der Waals surface area contributed by atoms with Crippen molar-refractivity contribution >= 4 is 37.6 Å². The van der Waals surface area contributed by atoms with Gasteiger partial charge in [0.1, 0.15) is 0 Å². The van der Waals surface area contributed by atoms with Crippen LogP contribution in [-0.2, 0) is 0 Å². The number of hydrogen-bond donors (Lipinski definition) is 1. The summed E-state index contributed by atoms with van der Waals surface area (Å²) >= 11 is 1.40. The van der Waals surface area contributed by atoms with Crippen LogP contribution >= 0.6 is 0 Å². The van der Waals surface area contributed by atoms with E-state index in [0.717, 1.165) is 16.9 Å². The van der Waals surface area contributed by atoms with E-state index in [2.05, 4.69) is 22.2 Å². The van der Waals surface area contributed by atoms with E-state index in [1.807, 2.05) is 22.7 Å². The van der Waals surface area contributed by atoms with Crippen molar-refractivity contribution in [3.63, 3.8) is 0 Å². The number of anilines is 1. The molecule has 0 aromatic carbocycles. The van der Waals surface area contributed by atoms with Gasteiger partial charge in [0.25, 0.3) is 0 Å². The first kappa shape index (κ1) is 10.6. The number of aromatic nitrogens is 3. The Kier molecular flexibility index (Phi) is 2.51. The molecule has 0 aliphatic carbocycles. The second kappa shape index (κ2) is 4.03. The van der Waals surface area contributed by atoms with E-state index in [9.17, 15) is 0 Å². The summed E-state index contributed by atoms with van der Waals surface area (Å²) in [6.45, 7) is 0. The normalized spacial score (nSPS) is 10.9. The molecule has 0 fully saturated rings. The topological polar surface area (TPSA) is 56.2 Å². The zero-order valence-corrected chi connectivity index (χ0v) is 11.8. The summed E-state index contributed by atoms with van der Waals surface area (Å²) in [5.41, 5.74) is 8.41. The van der Waals surface area contributed by atoms with Crippen molar-refractivity contribution in [1.29, 1.82) is 0 Å². The standard InChI is InChI=1S/C12H9N4.Sn/c13-11-5-4-9(7-14-11)10-8-16-6-2-1-3-12(16)15-10;/h1,3-8H,(H2,13,14);. The molecule has 0 aliphatic heterocycles. The fourth-order valence-electron chi connectivity index (χ4n) is 1.69. The molecule has 4 nitrogen and oxygen atoms in total. The first-order valence-electron chi connectivity index (χ1n) is 5.15. The third-order valence-corrected chi connectivity index (χ3v) is 3.38. The molecule has 0 amide bonds. The summed E-state index contributed by atoms with van der Waals surface area (Å²) < 4.78 is 3.33. The molecule has 0 unspecified atom stereocenters. The molecular formula is C12H9N4Sn. The molecule has 5 heteroatoms. The van der Waals surface area contributed by atoms with Gasteiger partial charge >= 0.3 is 112 Å². The van der Waals surface area contributed by atoms with Gasteiger partial charge in [-0.25, -0.2) is 0 Å². The molecule has 81 valence electrons. The Hall–Kier alpha value is -1.56. The molecule has 17 heavy (non-hydrogen) atoms. The van der Waals surface area contributed by atoms with E-state index in [1.165, 1.54) is 26.1 Å². The van der Waals surface area contributed by atoms with E-state index >= 15 is 0 Å². The molecular weight excluding hydrogens is 319 g/mol. The predicted molar refractivity (Wildman–Crippen MR) is 68.2 cm³/mol. The molecule has 0 bridgehead atoms. The van der Waals surface area contributed by atoms with Gasteiger partial charge in [-0.15, -0.1) is 0 Å². The first-order valence-corrected chi connectivity index (χ1v) is 6.57. The molecule has 0 atom stereocenters. The van der Waals surface area contributed by atoms with Gasteiger partial charge in [0, 0.05) is 0 Å². The Morgan fingerprint density at radius 2 is 2.00 bits per heavy atom. The zero-order chi connectivity index (χ0) is 11.8. The van der Waals surface area contributed by atoms with Crippen molar-refractivity contribution in [1.82, 2.24) is 14.4 Å². The maximum atomic E-state index is 5.57.